The molecule has 2 heterocycles. The average Bonchev–Trinajstić information content (AvgIpc) is 3.24. The lowest BCUT2D eigenvalue weighted by atomic mass is 9.94. The summed E-state index contributed by atoms with van der Waals surface area (Å²) in [5.41, 5.74) is 2.22. The SMILES string of the molecule is Cc1ccc([C@H]2CCN(C(=O)C3CCN(C(=O)C4(C)CC4)CC3)C2)cc1Cl. The van der Waals surface area contributed by atoms with Gasteiger partial charge in [-0.3, -0.25) is 9.59 Å². The molecule has 0 radical (unpaired) electrons. The van der Waals surface area contributed by atoms with Gasteiger partial charge in [0, 0.05) is 48.5 Å². The van der Waals surface area contributed by atoms with E-state index in [1.165, 1.54) is 5.56 Å². The Hall–Kier alpha value is -1.55. The van der Waals surface area contributed by atoms with E-state index in [9.17, 15) is 9.59 Å². The second-order valence-electron chi connectivity index (χ2n) is 8.91. The molecule has 1 atom stereocenters. The maximum Gasteiger partial charge on any atom is 0.228 e. The van der Waals surface area contributed by atoms with Gasteiger partial charge in [-0.05, 0) is 56.2 Å². The second kappa shape index (κ2) is 7.12. The van der Waals surface area contributed by atoms with Gasteiger partial charge in [-0.1, -0.05) is 30.7 Å². The fourth-order valence-corrected chi connectivity index (χ4v) is 4.66. The van der Waals surface area contributed by atoms with Crippen LogP contribution in [0.5, 0.6) is 0 Å². The second-order valence-corrected chi connectivity index (χ2v) is 9.31. The third-order valence-corrected chi connectivity index (χ3v) is 7.22. The first-order valence-corrected chi connectivity index (χ1v) is 10.6. The monoisotopic (exact) mass is 388 g/mol. The summed E-state index contributed by atoms with van der Waals surface area (Å²) >= 11 is 6.28. The molecule has 1 aromatic rings. The number of nitrogens with zero attached hydrogens (tertiary/aromatic N) is 2. The van der Waals surface area contributed by atoms with Crippen molar-refractivity contribution in [2.24, 2.45) is 11.3 Å². The Labute approximate surface area is 166 Å². The molecular formula is C22H29ClN2O2. The minimum atomic E-state index is -0.103. The third-order valence-electron chi connectivity index (χ3n) is 6.81. The molecule has 2 aliphatic heterocycles. The Morgan fingerprint density at radius 3 is 2.37 bits per heavy atom. The van der Waals surface area contributed by atoms with E-state index in [2.05, 4.69) is 25.1 Å². The summed E-state index contributed by atoms with van der Waals surface area (Å²) in [6.07, 6.45) is 4.64. The van der Waals surface area contributed by atoms with Gasteiger partial charge in [-0.25, -0.2) is 0 Å². The number of carbonyl (C=O) groups is 2. The number of hydrogen-bond acceptors (Lipinski definition) is 2. The van der Waals surface area contributed by atoms with Crippen molar-refractivity contribution in [1.82, 2.24) is 9.80 Å². The number of benzene rings is 1. The van der Waals surface area contributed by atoms with Gasteiger partial charge in [-0.2, -0.15) is 0 Å². The first-order valence-electron chi connectivity index (χ1n) is 10.2. The number of likely N-dealkylation sites (tertiary alicyclic amines) is 2. The molecule has 0 aromatic heterocycles. The number of hydrogen-bond donors (Lipinski definition) is 0. The summed E-state index contributed by atoms with van der Waals surface area (Å²) in [5.74, 6) is 1.02. The van der Waals surface area contributed by atoms with Crippen LogP contribution in [0.15, 0.2) is 18.2 Å². The van der Waals surface area contributed by atoms with E-state index in [4.69, 9.17) is 11.6 Å². The molecule has 3 fully saturated rings. The summed E-state index contributed by atoms with van der Waals surface area (Å²) in [6.45, 7) is 7.15. The summed E-state index contributed by atoms with van der Waals surface area (Å²) in [6, 6.07) is 6.26. The first-order chi connectivity index (χ1) is 12.9. The van der Waals surface area contributed by atoms with Gasteiger partial charge in [0.2, 0.25) is 11.8 Å². The lowest BCUT2D eigenvalue weighted by molar-refractivity contribution is -0.142. The van der Waals surface area contributed by atoms with Crippen molar-refractivity contribution in [3.63, 3.8) is 0 Å². The van der Waals surface area contributed by atoms with E-state index < -0.39 is 0 Å². The number of aryl methyl sites for hydroxylation is 1. The van der Waals surface area contributed by atoms with Crippen molar-refractivity contribution >= 4 is 23.4 Å². The van der Waals surface area contributed by atoms with Gasteiger partial charge in [0.1, 0.15) is 0 Å². The van der Waals surface area contributed by atoms with Crippen LogP contribution in [0.25, 0.3) is 0 Å². The molecule has 5 heteroatoms. The van der Waals surface area contributed by atoms with Crippen LogP contribution >= 0.6 is 11.6 Å². The average molecular weight is 389 g/mol. The Morgan fingerprint density at radius 1 is 1.07 bits per heavy atom. The van der Waals surface area contributed by atoms with Crippen LogP contribution in [0.4, 0.5) is 0 Å². The van der Waals surface area contributed by atoms with Crippen LogP contribution in [-0.4, -0.2) is 47.8 Å². The van der Waals surface area contributed by atoms with Crippen LogP contribution in [-0.2, 0) is 9.59 Å². The van der Waals surface area contributed by atoms with Gasteiger partial charge < -0.3 is 9.80 Å². The number of rotatable bonds is 3. The van der Waals surface area contributed by atoms with E-state index >= 15 is 0 Å². The summed E-state index contributed by atoms with van der Waals surface area (Å²) in [4.78, 5) is 29.5. The molecular weight excluding hydrogens is 360 g/mol. The highest BCUT2D eigenvalue weighted by Gasteiger charge is 2.47. The van der Waals surface area contributed by atoms with Gasteiger partial charge in [-0.15, -0.1) is 0 Å². The van der Waals surface area contributed by atoms with Crippen molar-refractivity contribution in [2.45, 2.75) is 51.9 Å². The van der Waals surface area contributed by atoms with Gasteiger partial charge in [0.15, 0.2) is 0 Å². The molecule has 2 amide bonds. The largest absolute Gasteiger partial charge is 0.342 e. The Balaban J connectivity index is 1.31. The zero-order valence-corrected chi connectivity index (χ0v) is 17.1. The minimum Gasteiger partial charge on any atom is -0.342 e. The first kappa shape index (κ1) is 18.8. The summed E-state index contributed by atoms with van der Waals surface area (Å²) < 4.78 is 0. The molecule has 2 saturated heterocycles. The highest BCUT2D eigenvalue weighted by molar-refractivity contribution is 6.31. The molecule has 0 spiro atoms. The highest BCUT2D eigenvalue weighted by atomic mass is 35.5. The zero-order valence-electron chi connectivity index (χ0n) is 16.3. The Bertz CT molecular complexity index is 751. The van der Waals surface area contributed by atoms with Crippen molar-refractivity contribution in [3.8, 4) is 0 Å². The molecule has 1 aliphatic carbocycles. The quantitative estimate of drug-likeness (QED) is 0.785. The normalized spacial score (nSPS) is 24.9. The van der Waals surface area contributed by atoms with Crippen molar-refractivity contribution in [1.29, 1.82) is 0 Å². The molecule has 27 heavy (non-hydrogen) atoms. The predicted molar refractivity (Wildman–Crippen MR) is 107 cm³/mol. The van der Waals surface area contributed by atoms with Crippen LogP contribution < -0.4 is 0 Å². The molecule has 3 aliphatic rings. The molecule has 146 valence electrons. The maximum absolute atomic E-state index is 13.0. The molecule has 0 bridgehead atoms. The number of piperidine rings is 1. The van der Waals surface area contributed by atoms with Crippen LogP contribution in [0.3, 0.4) is 0 Å². The molecule has 1 aromatic carbocycles. The standard InChI is InChI=1S/C22H29ClN2O2/c1-15-3-4-17(13-19(15)23)18-7-12-25(14-18)20(26)16-5-10-24(11-6-16)21(27)22(2)8-9-22/h3-4,13,16,18H,5-12,14H2,1-2H3/t18-/m0/s1. The molecule has 4 rings (SSSR count). The molecule has 4 nitrogen and oxygen atoms in total. The molecule has 0 unspecified atom stereocenters. The van der Waals surface area contributed by atoms with Crippen molar-refractivity contribution in [3.05, 3.63) is 34.3 Å². The zero-order chi connectivity index (χ0) is 19.2. The summed E-state index contributed by atoms with van der Waals surface area (Å²) in [5, 5.41) is 0.804. The van der Waals surface area contributed by atoms with Gasteiger partial charge in [0.05, 0.1) is 0 Å². The van der Waals surface area contributed by atoms with Gasteiger partial charge in [0.25, 0.3) is 0 Å². The van der Waals surface area contributed by atoms with Crippen LogP contribution in [0.2, 0.25) is 5.02 Å². The fraction of sp³-hybridized carbons (Fsp3) is 0.636. The van der Waals surface area contributed by atoms with Crippen LogP contribution in [0.1, 0.15) is 56.1 Å². The van der Waals surface area contributed by atoms with E-state index in [-0.39, 0.29) is 17.2 Å². The van der Waals surface area contributed by atoms with E-state index in [1.54, 1.807) is 0 Å². The Morgan fingerprint density at radius 2 is 1.74 bits per heavy atom. The van der Waals surface area contributed by atoms with Gasteiger partial charge >= 0.3 is 0 Å². The summed E-state index contributed by atoms with van der Waals surface area (Å²) in [7, 11) is 0. The number of amides is 2. The maximum atomic E-state index is 13.0. The van der Waals surface area contributed by atoms with Crippen molar-refractivity contribution < 1.29 is 9.59 Å². The van der Waals surface area contributed by atoms with E-state index in [0.29, 0.717) is 11.8 Å². The number of halogens is 1. The van der Waals surface area contributed by atoms with Crippen LogP contribution in [0, 0.1) is 18.3 Å². The number of carbonyl (C=O) groups excluding carboxylic acids is 2. The fourth-order valence-electron chi connectivity index (χ4n) is 4.47. The minimum absolute atomic E-state index is 0.0708. The highest BCUT2D eigenvalue weighted by Crippen LogP contribution is 2.47. The smallest absolute Gasteiger partial charge is 0.228 e. The topological polar surface area (TPSA) is 40.6 Å². The third kappa shape index (κ3) is 3.73. The Kier molecular flexibility index (Phi) is 4.96. The van der Waals surface area contributed by atoms with Crippen molar-refractivity contribution in [2.75, 3.05) is 26.2 Å². The van der Waals surface area contributed by atoms with E-state index in [0.717, 1.165) is 68.9 Å². The lowest BCUT2D eigenvalue weighted by Gasteiger charge is -2.34. The molecule has 0 N–H and O–H groups in total. The predicted octanol–water partition coefficient (Wildman–Crippen LogP) is 4.00. The van der Waals surface area contributed by atoms with E-state index in [1.807, 2.05) is 16.7 Å². The molecule has 1 saturated carbocycles. The lowest BCUT2D eigenvalue weighted by Crippen LogP contribution is -2.45.